The van der Waals surface area contributed by atoms with Crippen LogP contribution < -0.4 is 10.6 Å². The van der Waals surface area contributed by atoms with Crippen LogP contribution in [-0.2, 0) is 6.54 Å². The zero-order valence-corrected chi connectivity index (χ0v) is 20.2. The highest BCUT2D eigenvalue weighted by molar-refractivity contribution is 14.0. The van der Waals surface area contributed by atoms with E-state index in [0.717, 1.165) is 62.9 Å². The fourth-order valence-corrected chi connectivity index (χ4v) is 3.01. The van der Waals surface area contributed by atoms with Crippen molar-refractivity contribution in [3.8, 4) is 0 Å². The molecule has 0 saturated carbocycles. The summed E-state index contributed by atoms with van der Waals surface area (Å²) < 4.78 is 5.45. The van der Waals surface area contributed by atoms with Gasteiger partial charge in [0.05, 0.1) is 5.69 Å². The number of unbranched alkanes of at least 4 members (excludes halogenated alkanes) is 1. The summed E-state index contributed by atoms with van der Waals surface area (Å²) in [4.78, 5) is 7.08. The number of aromatic nitrogens is 1. The Hall–Kier alpha value is -0.830. The third kappa shape index (κ3) is 10.3. The van der Waals surface area contributed by atoms with E-state index in [9.17, 15) is 0 Å². The van der Waals surface area contributed by atoms with Crippen molar-refractivity contribution >= 4 is 29.9 Å². The van der Waals surface area contributed by atoms with Gasteiger partial charge in [-0.25, -0.2) is 4.99 Å². The molecule has 0 spiro atoms. The first-order valence-corrected chi connectivity index (χ1v) is 10.4. The zero-order valence-electron chi connectivity index (χ0n) is 17.9. The molecule has 0 atom stereocenters. The van der Waals surface area contributed by atoms with Crippen molar-refractivity contribution in [1.82, 2.24) is 20.7 Å². The number of nitrogens with zero attached hydrogens (tertiary/aromatic N) is 3. The van der Waals surface area contributed by atoms with E-state index < -0.39 is 0 Å². The van der Waals surface area contributed by atoms with Gasteiger partial charge >= 0.3 is 0 Å². The first-order chi connectivity index (χ1) is 12.7. The third-order valence-corrected chi connectivity index (χ3v) is 4.81. The maximum atomic E-state index is 5.45. The van der Waals surface area contributed by atoms with Crippen LogP contribution in [0.3, 0.4) is 0 Å². The summed E-state index contributed by atoms with van der Waals surface area (Å²) in [5.41, 5.74) is 1.05. The standard InChI is InChI=1S/C20H39N5O.HI/c1-6-17(7-2)19-15-18(26-24-19)16-23-20(21-8-3)22-13-11-12-14-25(9-4)10-5;/h15,17H,6-14,16H2,1-5H3,(H2,21,22,23);1H. The second-order valence-corrected chi connectivity index (χ2v) is 6.59. The van der Waals surface area contributed by atoms with Gasteiger partial charge in [-0.15, -0.1) is 24.0 Å². The molecule has 1 aromatic rings. The maximum absolute atomic E-state index is 5.45. The van der Waals surface area contributed by atoms with Gasteiger partial charge in [0.1, 0.15) is 6.54 Å². The molecule has 1 aromatic heterocycles. The fraction of sp³-hybridized carbons (Fsp3) is 0.800. The van der Waals surface area contributed by atoms with Gasteiger partial charge in [-0.3, -0.25) is 0 Å². The molecule has 0 amide bonds. The van der Waals surface area contributed by atoms with Crippen molar-refractivity contribution in [2.75, 3.05) is 32.7 Å². The molecule has 2 N–H and O–H groups in total. The Morgan fingerprint density at radius 1 is 1.11 bits per heavy atom. The molecule has 0 saturated heterocycles. The molecule has 0 unspecified atom stereocenters. The van der Waals surface area contributed by atoms with Gasteiger partial charge < -0.3 is 20.1 Å². The monoisotopic (exact) mass is 493 g/mol. The van der Waals surface area contributed by atoms with Crippen LogP contribution in [0.2, 0.25) is 0 Å². The van der Waals surface area contributed by atoms with E-state index in [4.69, 9.17) is 4.52 Å². The minimum Gasteiger partial charge on any atom is -0.359 e. The molecule has 7 heteroatoms. The summed E-state index contributed by atoms with van der Waals surface area (Å²) in [5.74, 6) is 2.15. The number of hydrogen-bond donors (Lipinski definition) is 2. The molecular weight excluding hydrogens is 453 g/mol. The number of nitrogens with one attached hydrogen (secondary N) is 2. The van der Waals surface area contributed by atoms with Crippen molar-refractivity contribution in [3.63, 3.8) is 0 Å². The zero-order chi connectivity index (χ0) is 19.2. The molecule has 0 bridgehead atoms. The highest BCUT2D eigenvalue weighted by Crippen LogP contribution is 2.22. The average Bonchev–Trinajstić information content (AvgIpc) is 3.12. The van der Waals surface area contributed by atoms with Crippen LogP contribution >= 0.6 is 24.0 Å². The summed E-state index contributed by atoms with van der Waals surface area (Å²) >= 11 is 0. The lowest BCUT2D eigenvalue weighted by atomic mass is 9.99. The summed E-state index contributed by atoms with van der Waals surface area (Å²) in [6.45, 7) is 16.6. The van der Waals surface area contributed by atoms with Gasteiger partial charge in [-0.2, -0.15) is 0 Å². The molecule has 0 radical (unpaired) electrons. The van der Waals surface area contributed by atoms with Gasteiger partial charge in [-0.1, -0.05) is 32.9 Å². The first kappa shape index (κ1) is 26.2. The number of guanidine groups is 1. The fourth-order valence-electron chi connectivity index (χ4n) is 3.01. The summed E-state index contributed by atoms with van der Waals surface area (Å²) in [6.07, 6.45) is 4.52. The molecule has 158 valence electrons. The number of rotatable bonds is 13. The van der Waals surface area contributed by atoms with Crippen LogP contribution in [0.1, 0.15) is 77.7 Å². The highest BCUT2D eigenvalue weighted by Gasteiger charge is 2.12. The van der Waals surface area contributed by atoms with Crippen molar-refractivity contribution in [2.45, 2.75) is 72.8 Å². The second-order valence-electron chi connectivity index (χ2n) is 6.59. The van der Waals surface area contributed by atoms with E-state index in [1.807, 2.05) is 0 Å². The smallest absolute Gasteiger partial charge is 0.191 e. The summed E-state index contributed by atoms with van der Waals surface area (Å²) in [6, 6.07) is 2.05. The van der Waals surface area contributed by atoms with Crippen molar-refractivity contribution < 1.29 is 4.52 Å². The van der Waals surface area contributed by atoms with E-state index >= 15 is 0 Å². The first-order valence-electron chi connectivity index (χ1n) is 10.4. The normalized spacial score (nSPS) is 11.7. The van der Waals surface area contributed by atoms with Crippen molar-refractivity contribution in [2.24, 2.45) is 4.99 Å². The lowest BCUT2D eigenvalue weighted by Crippen LogP contribution is -2.38. The van der Waals surface area contributed by atoms with E-state index in [0.29, 0.717) is 12.5 Å². The highest BCUT2D eigenvalue weighted by atomic mass is 127. The van der Waals surface area contributed by atoms with Gasteiger partial charge in [0, 0.05) is 25.1 Å². The summed E-state index contributed by atoms with van der Waals surface area (Å²) in [5, 5.41) is 10.9. The quantitative estimate of drug-likeness (QED) is 0.185. The Bertz CT molecular complexity index is 498. The van der Waals surface area contributed by atoms with Crippen LogP contribution in [0.4, 0.5) is 0 Å². The van der Waals surface area contributed by atoms with Crippen molar-refractivity contribution in [1.29, 1.82) is 0 Å². The lowest BCUT2D eigenvalue weighted by molar-refractivity contribution is 0.297. The Labute approximate surface area is 182 Å². The topological polar surface area (TPSA) is 65.7 Å². The van der Waals surface area contributed by atoms with E-state index in [-0.39, 0.29) is 24.0 Å². The van der Waals surface area contributed by atoms with E-state index in [1.54, 1.807) is 0 Å². The number of aliphatic imine (C=N–C) groups is 1. The van der Waals surface area contributed by atoms with Gasteiger partial charge in [0.2, 0.25) is 0 Å². The molecule has 0 aliphatic heterocycles. The molecule has 0 aliphatic carbocycles. The predicted octanol–water partition coefficient (Wildman–Crippen LogP) is 4.37. The van der Waals surface area contributed by atoms with Crippen LogP contribution in [0.5, 0.6) is 0 Å². The molecule has 27 heavy (non-hydrogen) atoms. The van der Waals surface area contributed by atoms with Crippen molar-refractivity contribution in [3.05, 3.63) is 17.5 Å². The van der Waals surface area contributed by atoms with Gasteiger partial charge in [0.25, 0.3) is 0 Å². The molecule has 0 fully saturated rings. The molecule has 6 nitrogen and oxygen atoms in total. The van der Waals surface area contributed by atoms with Crippen LogP contribution in [0, 0.1) is 0 Å². The van der Waals surface area contributed by atoms with Crippen LogP contribution in [0.15, 0.2) is 15.6 Å². The Balaban J connectivity index is 0.00000676. The molecule has 0 aliphatic rings. The third-order valence-electron chi connectivity index (χ3n) is 4.81. The van der Waals surface area contributed by atoms with Crippen LogP contribution in [0.25, 0.3) is 0 Å². The van der Waals surface area contributed by atoms with E-state index in [1.165, 1.54) is 13.0 Å². The minimum absolute atomic E-state index is 0. The van der Waals surface area contributed by atoms with E-state index in [2.05, 4.69) is 66.4 Å². The average molecular weight is 493 g/mol. The van der Waals surface area contributed by atoms with Crippen LogP contribution in [-0.4, -0.2) is 48.7 Å². The predicted molar refractivity (Wildman–Crippen MR) is 125 cm³/mol. The molecule has 1 heterocycles. The molecule has 0 aromatic carbocycles. The lowest BCUT2D eigenvalue weighted by Gasteiger charge is -2.17. The number of halogens is 1. The Morgan fingerprint density at radius 2 is 1.81 bits per heavy atom. The molecule has 1 rings (SSSR count). The minimum atomic E-state index is 0. The van der Waals surface area contributed by atoms with Gasteiger partial charge in [0.15, 0.2) is 11.7 Å². The largest absolute Gasteiger partial charge is 0.359 e. The summed E-state index contributed by atoms with van der Waals surface area (Å²) in [7, 11) is 0. The SMILES string of the molecule is CCNC(=NCc1cc(C(CC)CC)no1)NCCCCN(CC)CC.I. The Kier molecular flexibility index (Phi) is 15.7. The number of hydrogen-bond acceptors (Lipinski definition) is 4. The Morgan fingerprint density at radius 3 is 2.41 bits per heavy atom. The molecular formula is C20H40IN5O. The maximum Gasteiger partial charge on any atom is 0.191 e. The van der Waals surface area contributed by atoms with Gasteiger partial charge in [-0.05, 0) is 52.2 Å². The second kappa shape index (κ2) is 16.2.